The molecule has 1 aromatic heterocycles. The van der Waals surface area contributed by atoms with Crippen LogP contribution in [0.5, 0.6) is 0 Å². The minimum atomic E-state index is -3.88. The first-order valence-corrected chi connectivity index (χ1v) is 6.99. The second kappa shape index (κ2) is 5.37. The number of nitrogen functional groups attached to an aromatic ring is 1. The molecule has 0 aliphatic heterocycles. The van der Waals surface area contributed by atoms with E-state index in [0.29, 0.717) is 6.42 Å². The van der Waals surface area contributed by atoms with E-state index in [-0.39, 0.29) is 12.2 Å². The van der Waals surface area contributed by atoms with Gasteiger partial charge in [-0.3, -0.25) is 0 Å². The number of benzene rings is 1. The lowest BCUT2D eigenvalue weighted by Crippen LogP contribution is -2.26. The molecule has 0 saturated carbocycles. The van der Waals surface area contributed by atoms with E-state index in [1.54, 1.807) is 6.20 Å². The molecule has 0 fully saturated rings. The summed E-state index contributed by atoms with van der Waals surface area (Å²) in [7, 11) is -3.88. The highest BCUT2D eigenvalue weighted by atomic mass is 32.2. The van der Waals surface area contributed by atoms with Crippen molar-refractivity contribution in [2.75, 3.05) is 12.3 Å². The monoisotopic (exact) mass is 284 g/mol. The van der Waals surface area contributed by atoms with E-state index in [2.05, 4.69) is 14.7 Å². The molecule has 19 heavy (non-hydrogen) atoms. The highest BCUT2D eigenvalue weighted by Crippen LogP contribution is 2.16. The van der Waals surface area contributed by atoms with E-state index < -0.39 is 20.7 Å². The van der Waals surface area contributed by atoms with E-state index in [1.807, 2.05) is 0 Å². The van der Waals surface area contributed by atoms with Gasteiger partial charge in [0.2, 0.25) is 10.0 Å². The molecule has 2 aromatic rings. The smallest absolute Gasteiger partial charge is 0.243 e. The van der Waals surface area contributed by atoms with Gasteiger partial charge in [0.15, 0.2) is 0 Å². The van der Waals surface area contributed by atoms with Crippen molar-refractivity contribution in [3.05, 3.63) is 42.2 Å². The number of hydrogen-bond donors (Lipinski definition) is 3. The first-order chi connectivity index (χ1) is 8.99. The minimum Gasteiger partial charge on any atom is -0.399 e. The molecule has 102 valence electrons. The first kappa shape index (κ1) is 13.5. The zero-order valence-corrected chi connectivity index (χ0v) is 10.7. The number of halogens is 1. The summed E-state index contributed by atoms with van der Waals surface area (Å²) in [5, 5.41) is 0. The molecule has 6 nitrogen and oxygen atoms in total. The van der Waals surface area contributed by atoms with Crippen LogP contribution >= 0.6 is 0 Å². The third kappa shape index (κ3) is 3.30. The van der Waals surface area contributed by atoms with Crippen LogP contribution in [0.15, 0.2) is 35.6 Å². The topological polar surface area (TPSA) is 101 Å². The molecule has 0 aliphatic rings. The highest BCUT2D eigenvalue weighted by Gasteiger charge is 2.18. The molecule has 1 heterocycles. The highest BCUT2D eigenvalue weighted by molar-refractivity contribution is 7.89. The Labute approximate surface area is 109 Å². The molecule has 0 saturated heterocycles. The van der Waals surface area contributed by atoms with Gasteiger partial charge in [0.1, 0.15) is 10.7 Å². The Hall–Kier alpha value is -1.93. The second-order valence-electron chi connectivity index (χ2n) is 3.91. The third-order valence-electron chi connectivity index (χ3n) is 2.49. The molecule has 0 radical (unpaired) electrons. The number of sulfonamides is 1. The van der Waals surface area contributed by atoms with Gasteiger partial charge in [0.05, 0.1) is 6.33 Å². The fourth-order valence-corrected chi connectivity index (χ4v) is 2.64. The van der Waals surface area contributed by atoms with Gasteiger partial charge in [0.25, 0.3) is 0 Å². The molecule has 2 rings (SSSR count). The number of nitrogens with one attached hydrogen (secondary N) is 2. The van der Waals surface area contributed by atoms with Crippen LogP contribution in [0.4, 0.5) is 10.1 Å². The van der Waals surface area contributed by atoms with Gasteiger partial charge in [-0.15, -0.1) is 0 Å². The second-order valence-corrected chi connectivity index (χ2v) is 5.65. The molecule has 0 bridgehead atoms. The van der Waals surface area contributed by atoms with Crippen molar-refractivity contribution in [1.29, 1.82) is 0 Å². The third-order valence-corrected chi connectivity index (χ3v) is 3.98. The average molecular weight is 284 g/mol. The Balaban J connectivity index is 2.05. The maximum atomic E-state index is 13.5. The van der Waals surface area contributed by atoms with E-state index in [0.717, 1.165) is 17.8 Å². The lowest BCUT2D eigenvalue weighted by atomic mass is 10.3. The van der Waals surface area contributed by atoms with Crippen LogP contribution in [-0.4, -0.2) is 24.9 Å². The van der Waals surface area contributed by atoms with Gasteiger partial charge >= 0.3 is 0 Å². The minimum absolute atomic E-state index is 0.147. The fraction of sp³-hybridized carbons (Fsp3) is 0.182. The van der Waals surface area contributed by atoms with Crippen molar-refractivity contribution in [1.82, 2.24) is 14.7 Å². The number of nitrogens with two attached hydrogens (primary N) is 1. The molecule has 0 amide bonds. The molecule has 0 unspecified atom stereocenters. The number of aromatic nitrogens is 2. The SMILES string of the molecule is Nc1ccc(S(=O)(=O)NCCc2cnc[nH]2)c(F)c1. The Bertz CT molecular complexity index is 655. The van der Waals surface area contributed by atoms with Crippen molar-refractivity contribution in [2.24, 2.45) is 0 Å². The first-order valence-electron chi connectivity index (χ1n) is 5.51. The van der Waals surface area contributed by atoms with Gasteiger partial charge in [-0.05, 0) is 18.2 Å². The van der Waals surface area contributed by atoms with Crippen LogP contribution in [0.1, 0.15) is 5.69 Å². The molecular formula is C11H13FN4O2S. The van der Waals surface area contributed by atoms with E-state index in [1.165, 1.54) is 12.4 Å². The number of imidazole rings is 1. The molecule has 0 aliphatic carbocycles. The van der Waals surface area contributed by atoms with Gasteiger partial charge in [-0.25, -0.2) is 22.5 Å². The van der Waals surface area contributed by atoms with Crippen LogP contribution in [-0.2, 0) is 16.4 Å². The van der Waals surface area contributed by atoms with Gasteiger partial charge < -0.3 is 10.7 Å². The van der Waals surface area contributed by atoms with Crippen molar-refractivity contribution >= 4 is 15.7 Å². The summed E-state index contributed by atoms with van der Waals surface area (Å²) in [5.74, 6) is -0.867. The summed E-state index contributed by atoms with van der Waals surface area (Å²) >= 11 is 0. The lowest BCUT2D eigenvalue weighted by Gasteiger charge is -2.07. The lowest BCUT2D eigenvalue weighted by molar-refractivity contribution is 0.557. The standard InChI is InChI=1S/C11H13FN4O2S/c12-10-5-8(13)1-2-11(10)19(17,18)16-4-3-9-6-14-7-15-9/h1-2,5-7,16H,3-4,13H2,(H,14,15). The van der Waals surface area contributed by atoms with E-state index in [9.17, 15) is 12.8 Å². The number of nitrogens with zero attached hydrogens (tertiary/aromatic N) is 1. The summed E-state index contributed by atoms with van der Waals surface area (Å²) in [5.41, 5.74) is 6.34. The zero-order chi connectivity index (χ0) is 13.9. The summed E-state index contributed by atoms with van der Waals surface area (Å²) < 4.78 is 39.6. The number of aromatic amines is 1. The summed E-state index contributed by atoms with van der Waals surface area (Å²) in [6.45, 7) is 0.147. The molecule has 8 heteroatoms. The predicted octanol–water partition coefficient (Wildman–Crippen LogP) is 0.652. The van der Waals surface area contributed by atoms with Crippen LogP contribution in [0.2, 0.25) is 0 Å². The van der Waals surface area contributed by atoms with Crippen LogP contribution in [0.3, 0.4) is 0 Å². The predicted molar refractivity (Wildman–Crippen MR) is 68.3 cm³/mol. The number of rotatable bonds is 5. The Morgan fingerprint density at radius 1 is 1.42 bits per heavy atom. The van der Waals surface area contributed by atoms with Crippen molar-refractivity contribution < 1.29 is 12.8 Å². The van der Waals surface area contributed by atoms with Gasteiger partial charge in [-0.1, -0.05) is 0 Å². The quantitative estimate of drug-likeness (QED) is 0.702. The van der Waals surface area contributed by atoms with E-state index >= 15 is 0 Å². The van der Waals surface area contributed by atoms with Gasteiger partial charge in [0, 0.05) is 30.5 Å². The largest absolute Gasteiger partial charge is 0.399 e. The summed E-state index contributed by atoms with van der Waals surface area (Å²) in [6, 6.07) is 3.46. The molecule has 0 spiro atoms. The summed E-state index contributed by atoms with van der Waals surface area (Å²) in [6.07, 6.45) is 3.54. The van der Waals surface area contributed by atoms with Gasteiger partial charge in [-0.2, -0.15) is 0 Å². The number of anilines is 1. The Morgan fingerprint density at radius 3 is 2.84 bits per heavy atom. The maximum Gasteiger partial charge on any atom is 0.243 e. The summed E-state index contributed by atoms with van der Waals surface area (Å²) in [4.78, 5) is 6.25. The normalized spacial score (nSPS) is 11.6. The molecule has 4 N–H and O–H groups in total. The Morgan fingerprint density at radius 2 is 2.21 bits per heavy atom. The molecule has 0 atom stereocenters. The van der Waals surface area contributed by atoms with Crippen LogP contribution in [0.25, 0.3) is 0 Å². The van der Waals surface area contributed by atoms with Crippen molar-refractivity contribution in [2.45, 2.75) is 11.3 Å². The van der Waals surface area contributed by atoms with Crippen LogP contribution < -0.4 is 10.5 Å². The number of H-pyrrole nitrogens is 1. The van der Waals surface area contributed by atoms with E-state index in [4.69, 9.17) is 5.73 Å². The van der Waals surface area contributed by atoms with Crippen LogP contribution in [0, 0.1) is 5.82 Å². The molecule has 1 aromatic carbocycles. The maximum absolute atomic E-state index is 13.5. The molecular weight excluding hydrogens is 271 g/mol. The zero-order valence-electron chi connectivity index (χ0n) is 9.93. The average Bonchev–Trinajstić information content (AvgIpc) is 2.81. The fourth-order valence-electron chi connectivity index (χ4n) is 1.55. The Kier molecular flexibility index (Phi) is 3.82. The van der Waals surface area contributed by atoms with Crippen molar-refractivity contribution in [3.63, 3.8) is 0 Å². The van der Waals surface area contributed by atoms with Crippen molar-refractivity contribution in [3.8, 4) is 0 Å². The number of hydrogen-bond acceptors (Lipinski definition) is 4.